The van der Waals surface area contributed by atoms with E-state index in [1.807, 2.05) is 0 Å². The molecule has 0 atom stereocenters. The van der Waals surface area contributed by atoms with E-state index >= 15 is 0 Å². The number of rotatable bonds is 3. The third kappa shape index (κ3) is 3.24. The summed E-state index contributed by atoms with van der Waals surface area (Å²) < 4.78 is 0. The van der Waals surface area contributed by atoms with E-state index in [4.69, 9.17) is 10.9 Å². The van der Waals surface area contributed by atoms with E-state index in [0.717, 1.165) is 5.56 Å². The lowest BCUT2D eigenvalue weighted by atomic mass is 10.1. The molecule has 0 fully saturated rings. The van der Waals surface area contributed by atoms with Gasteiger partial charge in [0.25, 0.3) is 0 Å². The molecule has 0 aliphatic carbocycles. The highest BCUT2D eigenvalue weighted by atomic mass is 16.4. The minimum absolute atomic E-state index is 0.0268. The van der Waals surface area contributed by atoms with Gasteiger partial charge >= 0.3 is 0 Å². The molecule has 6 N–H and O–H groups in total. The van der Waals surface area contributed by atoms with Gasteiger partial charge in [0.05, 0.1) is 0 Å². The van der Waals surface area contributed by atoms with Crippen LogP contribution in [0.15, 0.2) is 41.6 Å². The summed E-state index contributed by atoms with van der Waals surface area (Å²) in [6, 6.07) is 9.58. The third-order valence-electron chi connectivity index (χ3n) is 2.87. The van der Waals surface area contributed by atoms with Gasteiger partial charge in [-0.1, -0.05) is 41.6 Å². The third-order valence-corrected chi connectivity index (χ3v) is 2.87. The summed E-state index contributed by atoms with van der Waals surface area (Å²) in [4.78, 5) is 0. The molecule has 6 nitrogen and oxygen atoms in total. The summed E-state index contributed by atoms with van der Waals surface area (Å²) in [7, 11) is 0. The minimum atomic E-state index is -0.546. The van der Waals surface area contributed by atoms with Crippen molar-refractivity contribution in [3.63, 3.8) is 0 Å². The van der Waals surface area contributed by atoms with E-state index in [1.165, 1.54) is 12.1 Å². The van der Waals surface area contributed by atoms with E-state index in [2.05, 4.69) is 5.16 Å². The highest BCUT2D eigenvalue weighted by Gasteiger charge is 2.06. The van der Waals surface area contributed by atoms with Crippen LogP contribution in [0.4, 0.5) is 0 Å². The van der Waals surface area contributed by atoms with Crippen LogP contribution < -0.4 is 5.73 Å². The van der Waals surface area contributed by atoms with Crippen LogP contribution in [0.2, 0.25) is 0 Å². The van der Waals surface area contributed by atoms with Gasteiger partial charge < -0.3 is 26.3 Å². The van der Waals surface area contributed by atoms with E-state index in [9.17, 15) is 15.3 Å². The Kier molecular flexibility index (Phi) is 3.99. The van der Waals surface area contributed by atoms with Crippen molar-refractivity contribution in [3.05, 3.63) is 53.1 Å². The molecule has 0 aliphatic heterocycles. The molecule has 6 heteroatoms. The van der Waals surface area contributed by atoms with Crippen LogP contribution in [0.3, 0.4) is 0 Å². The monoisotopic (exact) mass is 286 g/mol. The lowest BCUT2D eigenvalue weighted by molar-refractivity contribution is 0.318. The molecule has 2 aromatic rings. The van der Waals surface area contributed by atoms with Crippen LogP contribution >= 0.6 is 0 Å². The van der Waals surface area contributed by atoms with Gasteiger partial charge in [-0.25, -0.2) is 0 Å². The molecule has 0 spiro atoms. The Balaban J connectivity index is 2.22. The van der Waals surface area contributed by atoms with Crippen molar-refractivity contribution in [2.24, 2.45) is 10.9 Å². The lowest BCUT2D eigenvalue weighted by Gasteiger charge is -2.02. The molecule has 0 amide bonds. The molecule has 0 heterocycles. The molecule has 0 aromatic heterocycles. The Morgan fingerprint density at radius 3 is 1.95 bits per heavy atom. The fourth-order valence-corrected chi connectivity index (χ4v) is 1.74. The second-order valence-corrected chi connectivity index (χ2v) is 4.35. The lowest BCUT2D eigenvalue weighted by Crippen LogP contribution is -2.12. The quantitative estimate of drug-likeness (QED) is 0.148. The van der Waals surface area contributed by atoms with Gasteiger partial charge in [-0.2, -0.15) is 0 Å². The molecule has 21 heavy (non-hydrogen) atoms. The van der Waals surface area contributed by atoms with Crippen molar-refractivity contribution >= 4 is 18.0 Å². The molecular formula is C15H14N2O4. The van der Waals surface area contributed by atoms with Gasteiger partial charge in [-0.05, 0) is 23.3 Å². The minimum Gasteiger partial charge on any atom is -0.504 e. The Labute approximate surface area is 120 Å². The first-order chi connectivity index (χ1) is 10.0. The zero-order valence-electron chi connectivity index (χ0n) is 10.9. The van der Waals surface area contributed by atoms with Gasteiger partial charge in [0.2, 0.25) is 0 Å². The second kappa shape index (κ2) is 5.87. The van der Waals surface area contributed by atoms with Crippen LogP contribution in [-0.4, -0.2) is 26.4 Å². The number of hydrogen-bond donors (Lipinski definition) is 5. The first kappa shape index (κ1) is 14.3. The largest absolute Gasteiger partial charge is 0.504 e. The van der Waals surface area contributed by atoms with E-state index in [0.29, 0.717) is 11.1 Å². The van der Waals surface area contributed by atoms with Crippen LogP contribution in [0.1, 0.15) is 16.7 Å². The first-order valence-corrected chi connectivity index (χ1v) is 6.02. The summed E-state index contributed by atoms with van der Waals surface area (Å²) >= 11 is 0. The van der Waals surface area contributed by atoms with Gasteiger partial charge in [0.1, 0.15) is 0 Å². The zero-order valence-corrected chi connectivity index (χ0v) is 10.9. The van der Waals surface area contributed by atoms with Crippen molar-refractivity contribution in [1.82, 2.24) is 0 Å². The summed E-state index contributed by atoms with van der Waals surface area (Å²) in [6.45, 7) is 0. The summed E-state index contributed by atoms with van der Waals surface area (Å²) in [5.74, 6) is -1.30. The topological polar surface area (TPSA) is 119 Å². The molecule has 0 unspecified atom stereocenters. The molecule has 0 radical (unpaired) electrons. The van der Waals surface area contributed by atoms with Gasteiger partial charge in [0, 0.05) is 5.56 Å². The number of phenols is 3. The normalized spacial score (nSPS) is 11.9. The fraction of sp³-hybridized carbons (Fsp3) is 0. The standard InChI is InChI=1S/C15H14N2O4/c16-15(17-21)11-5-3-9(4-6-11)1-2-10-7-12(18)14(20)13(19)8-10/h1-8,18-21H,(H2,16,17)/b2-1+. The number of nitrogens with zero attached hydrogens (tertiary/aromatic N) is 1. The molecule has 0 saturated heterocycles. The van der Waals surface area contributed by atoms with E-state index < -0.39 is 17.2 Å². The molecule has 0 bridgehead atoms. The summed E-state index contributed by atoms with van der Waals surface area (Å²) in [6.07, 6.45) is 3.42. The van der Waals surface area contributed by atoms with Gasteiger partial charge in [-0.15, -0.1) is 0 Å². The molecular weight excluding hydrogens is 272 g/mol. The van der Waals surface area contributed by atoms with E-state index in [1.54, 1.807) is 36.4 Å². The van der Waals surface area contributed by atoms with Crippen molar-refractivity contribution in [3.8, 4) is 17.2 Å². The smallest absolute Gasteiger partial charge is 0.200 e. The molecule has 108 valence electrons. The van der Waals surface area contributed by atoms with Crippen molar-refractivity contribution in [2.45, 2.75) is 0 Å². The number of amidine groups is 1. The first-order valence-electron chi connectivity index (χ1n) is 6.02. The Morgan fingerprint density at radius 2 is 1.43 bits per heavy atom. The highest BCUT2D eigenvalue weighted by Crippen LogP contribution is 2.35. The fourth-order valence-electron chi connectivity index (χ4n) is 1.74. The van der Waals surface area contributed by atoms with E-state index in [-0.39, 0.29) is 5.84 Å². The maximum absolute atomic E-state index is 9.41. The average Bonchev–Trinajstić information content (AvgIpc) is 2.50. The van der Waals surface area contributed by atoms with Crippen molar-refractivity contribution in [2.75, 3.05) is 0 Å². The predicted molar refractivity (Wildman–Crippen MR) is 79.3 cm³/mol. The maximum Gasteiger partial charge on any atom is 0.200 e. The molecule has 0 aliphatic rings. The Morgan fingerprint density at radius 1 is 0.905 bits per heavy atom. The van der Waals surface area contributed by atoms with Gasteiger partial charge in [-0.3, -0.25) is 0 Å². The number of phenolic OH excluding ortho intramolecular Hbond substituents is 3. The van der Waals surface area contributed by atoms with Crippen molar-refractivity contribution < 1.29 is 20.5 Å². The highest BCUT2D eigenvalue weighted by molar-refractivity contribution is 5.97. The van der Waals surface area contributed by atoms with Crippen LogP contribution in [-0.2, 0) is 0 Å². The van der Waals surface area contributed by atoms with Crippen LogP contribution in [0.5, 0.6) is 17.2 Å². The van der Waals surface area contributed by atoms with Crippen LogP contribution in [0, 0.1) is 0 Å². The Bertz CT molecular complexity index is 683. The number of benzene rings is 2. The maximum atomic E-state index is 9.41. The number of aromatic hydroxyl groups is 3. The molecule has 0 saturated carbocycles. The van der Waals surface area contributed by atoms with Gasteiger partial charge in [0.15, 0.2) is 23.1 Å². The van der Waals surface area contributed by atoms with Crippen molar-refractivity contribution in [1.29, 1.82) is 0 Å². The van der Waals surface area contributed by atoms with Crippen LogP contribution in [0.25, 0.3) is 12.2 Å². The zero-order chi connectivity index (χ0) is 15.4. The predicted octanol–water partition coefficient (Wildman–Crippen LogP) is 2.07. The number of hydrogen-bond acceptors (Lipinski definition) is 5. The average molecular weight is 286 g/mol. The number of nitrogens with two attached hydrogens (primary N) is 1. The summed E-state index contributed by atoms with van der Waals surface area (Å²) in [5, 5.41) is 39.5. The molecule has 2 rings (SSSR count). The molecule has 2 aromatic carbocycles. The number of oxime groups is 1. The second-order valence-electron chi connectivity index (χ2n) is 4.35. The SMILES string of the molecule is N/C(=N\O)c1ccc(/C=C/c2cc(O)c(O)c(O)c2)cc1. The summed E-state index contributed by atoms with van der Waals surface area (Å²) in [5.41, 5.74) is 7.43. The Hall–Kier alpha value is -3.15.